The smallest absolute Gasteiger partial charge is 0.339 e. The number of allylic oxidation sites excluding steroid dienone is 2. The third-order valence-electron chi connectivity index (χ3n) is 6.37. The van der Waals surface area contributed by atoms with Gasteiger partial charge in [-0.25, -0.2) is 9.69 Å². The first-order valence-corrected chi connectivity index (χ1v) is 9.43. The van der Waals surface area contributed by atoms with Crippen molar-refractivity contribution in [1.29, 1.82) is 0 Å². The van der Waals surface area contributed by atoms with E-state index in [1.807, 2.05) is 0 Å². The first kappa shape index (κ1) is 16.1. The van der Waals surface area contributed by atoms with Gasteiger partial charge in [-0.15, -0.1) is 0 Å². The van der Waals surface area contributed by atoms with Crippen LogP contribution < -0.4 is 4.90 Å². The van der Waals surface area contributed by atoms with E-state index in [2.05, 4.69) is 12.2 Å². The molecule has 4 aliphatic carbocycles. The largest absolute Gasteiger partial charge is 0.462 e. The molecule has 1 aliphatic heterocycles. The van der Waals surface area contributed by atoms with Crippen LogP contribution >= 0.6 is 11.6 Å². The molecule has 6 rings (SSSR count). The van der Waals surface area contributed by atoms with Gasteiger partial charge in [0.15, 0.2) is 0 Å². The van der Waals surface area contributed by atoms with E-state index in [9.17, 15) is 14.4 Å². The number of esters is 1. The lowest BCUT2D eigenvalue weighted by atomic mass is 9.63. The number of hydrogen-bond donors (Lipinski definition) is 0. The van der Waals surface area contributed by atoms with Crippen LogP contribution in [-0.4, -0.2) is 24.4 Å². The molecule has 1 aromatic rings. The van der Waals surface area contributed by atoms with Crippen LogP contribution in [0, 0.1) is 35.5 Å². The maximum Gasteiger partial charge on any atom is 0.339 e. The molecule has 0 N–H and O–H groups in total. The molecule has 3 fully saturated rings. The zero-order valence-corrected chi connectivity index (χ0v) is 15.0. The molecular weight excluding hydrogens is 354 g/mol. The van der Waals surface area contributed by atoms with Gasteiger partial charge in [0.25, 0.3) is 0 Å². The first-order chi connectivity index (χ1) is 12.5. The minimum absolute atomic E-state index is 0.151. The SMILES string of the molecule is CCOC(=O)c1cc(N2C(=O)[C@@H]3[C@@H]4C=C[C@H]([C@@H]5C[C@H]45)[C@@H]3C2=O)ccc1Cl. The summed E-state index contributed by atoms with van der Waals surface area (Å²) in [5.41, 5.74) is 0.570. The Morgan fingerprint density at radius 3 is 2.35 bits per heavy atom. The monoisotopic (exact) mass is 371 g/mol. The summed E-state index contributed by atoms with van der Waals surface area (Å²) in [7, 11) is 0. The van der Waals surface area contributed by atoms with Crippen LogP contribution in [0.1, 0.15) is 23.7 Å². The first-order valence-electron chi connectivity index (χ1n) is 9.05. The number of ether oxygens (including phenoxy) is 1. The van der Waals surface area contributed by atoms with E-state index in [0.29, 0.717) is 17.5 Å². The molecule has 0 aromatic heterocycles. The Balaban J connectivity index is 1.52. The maximum absolute atomic E-state index is 13.1. The molecule has 0 unspecified atom stereocenters. The Morgan fingerprint density at radius 1 is 1.15 bits per heavy atom. The Hall–Kier alpha value is -2.14. The van der Waals surface area contributed by atoms with Gasteiger partial charge in [-0.05, 0) is 55.2 Å². The van der Waals surface area contributed by atoms with E-state index in [0.717, 1.165) is 6.42 Å². The van der Waals surface area contributed by atoms with Crippen molar-refractivity contribution in [2.75, 3.05) is 11.5 Å². The average Bonchev–Trinajstić information content (AvgIpc) is 3.40. The van der Waals surface area contributed by atoms with Gasteiger partial charge in [-0.1, -0.05) is 23.8 Å². The molecule has 2 bridgehead atoms. The summed E-state index contributed by atoms with van der Waals surface area (Å²) in [5.74, 6) is 0.0847. The predicted molar refractivity (Wildman–Crippen MR) is 94.6 cm³/mol. The van der Waals surface area contributed by atoms with Crippen molar-refractivity contribution < 1.29 is 19.1 Å². The van der Waals surface area contributed by atoms with Crippen molar-refractivity contribution in [3.05, 3.63) is 40.9 Å². The second-order valence-corrected chi connectivity index (χ2v) is 7.96. The van der Waals surface area contributed by atoms with E-state index in [1.54, 1.807) is 13.0 Å². The third-order valence-corrected chi connectivity index (χ3v) is 6.70. The maximum atomic E-state index is 13.1. The van der Waals surface area contributed by atoms with E-state index in [4.69, 9.17) is 16.3 Å². The second-order valence-electron chi connectivity index (χ2n) is 7.55. The molecule has 1 aromatic carbocycles. The van der Waals surface area contributed by atoms with Crippen molar-refractivity contribution >= 4 is 35.1 Å². The summed E-state index contributed by atoms with van der Waals surface area (Å²) in [6, 6.07) is 4.65. The summed E-state index contributed by atoms with van der Waals surface area (Å²) in [4.78, 5) is 39.6. The van der Waals surface area contributed by atoms with Crippen LogP contribution in [0.25, 0.3) is 0 Å². The molecule has 2 saturated carbocycles. The number of carbonyl (C=O) groups is 3. The van der Waals surface area contributed by atoms with Crippen molar-refractivity contribution in [3.8, 4) is 0 Å². The van der Waals surface area contributed by atoms with E-state index in [-0.39, 0.29) is 52.7 Å². The normalized spacial score (nSPS) is 36.2. The number of carbonyl (C=O) groups excluding carboxylic acids is 3. The molecule has 134 valence electrons. The summed E-state index contributed by atoms with van der Waals surface area (Å²) in [6.07, 6.45) is 5.41. The summed E-state index contributed by atoms with van der Waals surface area (Å²) in [5, 5.41) is 0.242. The van der Waals surface area contributed by atoms with Crippen LogP contribution in [0.2, 0.25) is 5.02 Å². The van der Waals surface area contributed by atoms with Crippen LogP contribution in [0.3, 0.4) is 0 Å². The molecule has 0 spiro atoms. The highest BCUT2D eigenvalue weighted by Crippen LogP contribution is 2.65. The van der Waals surface area contributed by atoms with E-state index in [1.165, 1.54) is 17.0 Å². The Bertz CT molecular complexity index is 843. The fourth-order valence-electron chi connectivity index (χ4n) is 5.23. The van der Waals surface area contributed by atoms with Gasteiger partial charge in [0.1, 0.15) is 0 Å². The van der Waals surface area contributed by atoms with Crippen LogP contribution in [0.15, 0.2) is 30.4 Å². The minimum atomic E-state index is -0.557. The quantitative estimate of drug-likeness (QED) is 0.465. The number of nitrogens with zero attached hydrogens (tertiary/aromatic N) is 1. The molecule has 5 aliphatic rings. The highest BCUT2D eigenvalue weighted by atomic mass is 35.5. The van der Waals surface area contributed by atoms with Gasteiger partial charge >= 0.3 is 5.97 Å². The lowest BCUT2D eigenvalue weighted by Crippen LogP contribution is -2.40. The zero-order valence-electron chi connectivity index (χ0n) is 14.2. The van der Waals surface area contributed by atoms with Crippen molar-refractivity contribution in [2.24, 2.45) is 35.5 Å². The van der Waals surface area contributed by atoms with Gasteiger partial charge in [-0.3, -0.25) is 9.59 Å². The number of imide groups is 1. The third kappa shape index (κ3) is 2.01. The molecule has 1 heterocycles. The molecule has 5 nitrogen and oxygen atoms in total. The summed E-state index contributed by atoms with van der Waals surface area (Å²) >= 11 is 6.11. The average molecular weight is 372 g/mol. The standard InChI is InChI=1S/C20H18ClNO4/c1-2-26-20(25)14-7-9(3-6-15(14)21)22-18(23)16-10-4-5-11(13-8-12(10)13)17(16)19(22)24/h3-7,10-13,16-17H,2,8H2,1H3/t10-,11-,12-,13+,16-,17+/m1/s1. The molecular formula is C20H18ClNO4. The van der Waals surface area contributed by atoms with Gasteiger partial charge in [0.05, 0.1) is 34.7 Å². The Kier molecular flexibility index (Phi) is 3.35. The summed E-state index contributed by atoms with van der Waals surface area (Å²) < 4.78 is 5.02. The molecule has 6 atom stereocenters. The van der Waals surface area contributed by atoms with Crippen LogP contribution in [-0.2, 0) is 14.3 Å². The fourth-order valence-corrected chi connectivity index (χ4v) is 5.42. The molecule has 0 radical (unpaired) electrons. The lowest BCUT2D eigenvalue weighted by molar-refractivity contribution is -0.124. The zero-order chi connectivity index (χ0) is 18.2. The van der Waals surface area contributed by atoms with Gasteiger partial charge < -0.3 is 4.74 Å². The fraction of sp³-hybridized carbons (Fsp3) is 0.450. The van der Waals surface area contributed by atoms with Crippen molar-refractivity contribution in [1.82, 2.24) is 0 Å². The van der Waals surface area contributed by atoms with Gasteiger partial charge in [0.2, 0.25) is 11.8 Å². The van der Waals surface area contributed by atoms with Crippen LogP contribution in [0.5, 0.6) is 0 Å². The summed E-state index contributed by atoms with van der Waals surface area (Å²) in [6.45, 7) is 1.94. The van der Waals surface area contributed by atoms with Gasteiger partial charge in [-0.2, -0.15) is 0 Å². The van der Waals surface area contributed by atoms with Crippen molar-refractivity contribution in [2.45, 2.75) is 13.3 Å². The Morgan fingerprint density at radius 2 is 1.77 bits per heavy atom. The molecule has 26 heavy (non-hydrogen) atoms. The topological polar surface area (TPSA) is 63.7 Å². The van der Waals surface area contributed by atoms with Gasteiger partial charge in [0, 0.05) is 0 Å². The van der Waals surface area contributed by atoms with Crippen LogP contribution in [0.4, 0.5) is 5.69 Å². The van der Waals surface area contributed by atoms with E-state index >= 15 is 0 Å². The predicted octanol–water partition coefficient (Wildman–Crippen LogP) is 3.07. The minimum Gasteiger partial charge on any atom is -0.462 e. The highest BCUT2D eigenvalue weighted by Gasteiger charge is 2.67. The number of amides is 2. The Labute approximate surface area is 155 Å². The molecule has 6 heteroatoms. The molecule has 1 saturated heterocycles. The van der Waals surface area contributed by atoms with E-state index < -0.39 is 5.97 Å². The van der Waals surface area contributed by atoms with Crippen molar-refractivity contribution in [3.63, 3.8) is 0 Å². The lowest BCUT2D eigenvalue weighted by Gasteiger charge is -2.37. The molecule has 2 amide bonds. The number of hydrogen-bond acceptors (Lipinski definition) is 4. The number of anilines is 1. The highest BCUT2D eigenvalue weighted by molar-refractivity contribution is 6.34. The second kappa shape index (κ2) is 5.43. The number of halogens is 1. The number of benzene rings is 1. The number of rotatable bonds is 3.